The van der Waals surface area contributed by atoms with E-state index in [1.165, 1.54) is 12.4 Å². The predicted octanol–water partition coefficient (Wildman–Crippen LogP) is 2.89. The van der Waals surface area contributed by atoms with E-state index in [4.69, 9.17) is 21.1 Å². The molecule has 0 saturated carbocycles. The second-order valence-corrected chi connectivity index (χ2v) is 6.44. The van der Waals surface area contributed by atoms with Crippen molar-refractivity contribution in [3.63, 3.8) is 0 Å². The summed E-state index contributed by atoms with van der Waals surface area (Å²) in [5.74, 6) is 0.643. The zero-order valence-corrected chi connectivity index (χ0v) is 14.8. The zero-order valence-electron chi connectivity index (χ0n) is 14.0. The van der Waals surface area contributed by atoms with Crippen LogP contribution in [0.25, 0.3) is 0 Å². The number of ether oxygens (including phenoxy) is 2. The summed E-state index contributed by atoms with van der Waals surface area (Å²) in [7, 11) is 0. The lowest BCUT2D eigenvalue weighted by Gasteiger charge is -2.32. The first-order valence-electron chi connectivity index (χ1n) is 8.21. The summed E-state index contributed by atoms with van der Waals surface area (Å²) in [5.41, 5.74) is 1.15. The number of rotatable bonds is 5. The Labute approximate surface area is 151 Å². The summed E-state index contributed by atoms with van der Waals surface area (Å²) >= 11 is 5.77. The molecule has 1 fully saturated rings. The Morgan fingerprint density at radius 1 is 1.28 bits per heavy atom. The summed E-state index contributed by atoms with van der Waals surface area (Å²) in [5, 5.41) is 0.459. The molecule has 0 spiro atoms. The van der Waals surface area contributed by atoms with Crippen molar-refractivity contribution in [3.05, 3.63) is 47.2 Å². The largest absolute Gasteiger partial charge is 0.484 e. The highest BCUT2D eigenvalue weighted by molar-refractivity contribution is 6.30. The summed E-state index contributed by atoms with van der Waals surface area (Å²) in [6.45, 7) is 3.24. The van der Waals surface area contributed by atoms with Crippen LogP contribution in [0.3, 0.4) is 0 Å². The van der Waals surface area contributed by atoms with E-state index in [0.717, 1.165) is 18.4 Å². The summed E-state index contributed by atoms with van der Waals surface area (Å²) < 4.78 is 11.3. The smallest absolute Gasteiger partial charge is 0.316 e. The molecule has 1 aromatic carbocycles. The minimum atomic E-state index is -0.127. The molecule has 1 amide bonds. The van der Waals surface area contributed by atoms with Crippen molar-refractivity contribution < 1.29 is 14.3 Å². The number of nitrogens with zero attached hydrogens (tertiary/aromatic N) is 3. The van der Waals surface area contributed by atoms with Crippen LogP contribution in [0.15, 0.2) is 36.7 Å². The Hall–Kier alpha value is -2.34. The van der Waals surface area contributed by atoms with Gasteiger partial charge < -0.3 is 14.4 Å². The molecule has 0 aliphatic carbocycles. The van der Waals surface area contributed by atoms with E-state index in [0.29, 0.717) is 23.9 Å². The maximum absolute atomic E-state index is 12.4. The number of aromatic nitrogens is 2. The lowest BCUT2D eigenvalue weighted by atomic mass is 10.1. The third-order valence-corrected chi connectivity index (χ3v) is 4.18. The van der Waals surface area contributed by atoms with Crippen LogP contribution in [0.5, 0.6) is 11.8 Å². The van der Waals surface area contributed by atoms with Gasteiger partial charge in [0.15, 0.2) is 6.61 Å². The van der Waals surface area contributed by atoms with E-state index < -0.39 is 0 Å². The normalized spacial score (nSPS) is 17.2. The highest BCUT2D eigenvalue weighted by Crippen LogP contribution is 2.17. The van der Waals surface area contributed by atoms with Crippen LogP contribution in [-0.4, -0.2) is 46.6 Å². The van der Waals surface area contributed by atoms with E-state index in [9.17, 15) is 4.79 Å². The van der Waals surface area contributed by atoms with E-state index >= 15 is 0 Å². The second kappa shape index (κ2) is 8.16. The first-order chi connectivity index (χ1) is 12.1. The van der Waals surface area contributed by atoms with Gasteiger partial charge in [0.2, 0.25) is 0 Å². The van der Waals surface area contributed by atoms with Crippen LogP contribution >= 0.6 is 11.6 Å². The van der Waals surface area contributed by atoms with Crippen molar-refractivity contribution in [3.8, 4) is 11.8 Å². The second-order valence-electron chi connectivity index (χ2n) is 6.01. The maximum Gasteiger partial charge on any atom is 0.316 e. The number of hydrogen-bond donors (Lipinski definition) is 0. The van der Waals surface area contributed by atoms with Crippen molar-refractivity contribution in [2.24, 2.45) is 0 Å². The van der Waals surface area contributed by atoms with E-state index in [1.807, 2.05) is 31.2 Å². The molecule has 0 bridgehead atoms. The molecule has 0 N–H and O–H groups in total. The van der Waals surface area contributed by atoms with Gasteiger partial charge in [-0.1, -0.05) is 29.3 Å². The van der Waals surface area contributed by atoms with Gasteiger partial charge in [-0.3, -0.25) is 4.79 Å². The van der Waals surface area contributed by atoms with Gasteiger partial charge in [-0.25, -0.2) is 9.97 Å². The van der Waals surface area contributed by atoms with Gasteiger partial charge in [-0.2, -0.15) is 0 Å². The van der Waals surface area contributed by atoms with E-state index in [1.54, 1.807) is 4.90 Å². The highest BCUT2D eigenvalue weighted by Gasteiger charge is 2.25. The SMILES string of the molecule is Cc1ccc(OCC(=O)N2CCCC(Oc3ncc(Cl)cn3)C2)cc1. The number of aryl methyl sites for hydroxylation is 1. The molecule has 1 aliphatic heterocycles. The van der Waals surface area contributed by atoms with E-state index in [-0.39, 0.29) is 24.6 Å². The van der Waals surface area contributed by atoms with Crippen molar-refractivity contribution in [1.82, 2.24) is 14.9 Å². The van der Waals surface area contributed by atoms with E-state index in [2.05, 4.69) is 9.97 Å². The Morgan fingerprint density at radius 3 is 2.72 bits per heavy atom. The lowest BCUT2D eigenvalue weighted by Crippen LogP contribution is -2.46. The molecule has 25 heavy (non-hydrogen) atoms. The number of carbonyl (C=O) groups is 1. The predicted molar refractivity (Wildman–Crippen MR) is 93.9 cm³/mol. The number of hydrogen-bond acceptors (Lipinski definition) is 5. The van der Waals surface area contributed by atoms with Crippen LogP contribution in [0.4, 0.5) is 0 Å². The molecule has 1 unspecified atom stereocenters. The average molecular weight is 362 g/mol. The maximum atomic E-state index is 12.4. The molecule has 6 nitrogen and oxygen atoms in total. The van der Waals surface area contributed by atoms with Gasteiger partial charge in [0.1, 0.15) is 11.9 Å². The topological polar surface area (TPSA) is 64.5 Å². The van der Waals surface area contributed by atoms with Crippen LogP contribution < -0.4 is 9.47 Å². The monoisotopic (exact) mass is 361 g/mol. The summed E-state index contributed by atoms with van der Waals surface area (Å²) in [6, 6.07) is 7.91. The van der Waals surface area contributed by atoms with Gasteiger partial charge in [-0.05, 0) is 31.9 Å². The van der Waals surface area contributed by atoms with Crippen molar-refractivity contribution in [2.45, 2.75) is 25.9 Å². The van der Waals surface area contributed by atoms with Gasteiger partial charge in [0.25, 0.3) is 5.91 Å². The number of piperidine rings is 1. The Kier molecular flexibility index (Phi) is 5.71. The minimum absolute atomic E-state index is 0.0211. The van der Waals surface area contributed by atoms with Crippen LogP contribution in [0.2, 0.25) is 5.02 Å². The zero-order chi connectivity index (χ0) is 17.6. The van der Waals surface area contributed by atoms with Crippen LogP contribution in [-0.2, 0) is 4.79 Å². The van der Waals surface area contributed by atoms with Gasteiger partial charge in [0, 0.05) is 6.54 Å². The molecule has 2 aromatic rings. The molecule has 0 radical (unpaired) electrons. The van der Waals surface area contributed by atoms with Gasteiger partial charge in [0.05, 0.1) is 24.0 Å². The number of halogens is 1. The molecule has 2 heterocycles. The van der Waals surface area contributed by atoms with Crippen LogP contribution in [0, 0.1) is 6.92 Å². The Balaban J connectivity index is 1.50. The van der Waals surface area contributed by atoms with Crippen molar-refractivity contribution >= 4 is 17.5 Å². The number of amides is 1. The fraction of sp³-hybridized carbons (Fsp3) is 0.389. The fourth-order valence-electron chi connectivity index (χ4n) is 2.64. The molecule has 1 aliphatic rings. The van der Waals surface area contributed by atoms with Crippen molar-refractivity contribution in [1.29, 1.82) is 0 Å². The third-order valence-electron chi connectivity index (χ3n) is 3.98. The minimum Gasteiger partial charge on any atom is -0.484 e. The number of likely N-dealkylation sites (tertiary alicyclic amines) is 1. The molecular weight excluding hydrogens is 342 g/mol. The summed E-state index contributed by atoms with van der Waals surface area (Å²) in [4.78, 5) is 22.2. The summed E-state index contributed by atoms with van der Waals surface area (Å²) in [6.07, 6.45) is 4.58. The first-order valence-corrected chi connectivity index (χ1v) is 8.59. The van der Waals surface area contributed by atoms with Gasteiger partial charge in [-0.15, -0.1) is 0 Å². The fourth-order valence-corrected chi connectivity index (χ4v) is 2.74. The Bertz CT molecular complexity index is 707. The highest BCUT2D eigenvalue weighted by atomic mass is 35.5. The standard InChI is InChI=1S/C18H20ClN3O3/c1-13-4-6-15(7-5-13)24-12-17(23)22-8-2-3-16(11-22)25-18-20-9-14(19)10-21-18/h4-7,9-10,16H,2-3,8,11-12H2,1H3. The number of benzene rings is 1. The first kappa shape index (κ1) is 17.5. The average Bonchev–Trinajstić information content (AvgIpc) is 2.63. The molecule has 7 heteroatoms. The van der Waals surface area contributed by atoms with Crippen molar-refractivity contribution in [2.75, 3.05) is 19.7 Å². The van der Waals surface area contributed by atoms with Gasteiger partial charge >= 0.3 is 6.01 Å². The molecule has 3 rings (SSSR count). The molecule has 1 atom stereocenters. The molecule has 1 aromatic heterocycles. The van der Waals surface area contributed by atoms with Crippen LogP contribution in [0.1, 0.15) is 18.4 Å². The molecule has 132 valence electrons. The molecule has 1 saturated heterocycles. The third kappa shape index (κ3) is 5.06. The number of carbonyl (C=O) groups excluding carboxylic acids is 1. The molecular formula is C18H20ClN3O3. The quantitative estimate of drug-likeness (QED) is 0.819. The Morgan fingerprint density at radius 2 is 2.00 bits per heavy atom. The lowest BCUT2D eigenvalue weighted by molar-refractivity contribution is -0.136.